The maximum atomic E-state index is 13.2. The van der Waals surface area contributed by atoms with Crippen molar-refractivity contribution in [3.8, 4) is 0 Å². The fourth-order valence-corrected chi connectivity index (χ4v) is 2.89. The number of fused-ring (bicyclic) bond motifs is 1. The maximum Gasteiger partial charge on any atom is 0.223 e. The number of carbonyl (C=O) groups excluding carboxylic acids is 1. The first-order valence-corrected chi connectivity index (χ1v) is 7.53. The molecule has 1 N–H and O–H groups in total. The lowest BCUT2D eigenvalue weighted by atomic mass is 10.0. The van der Waals surface area contributed by atoms with Crippen molar-refractivity contribution in [3.05, 3.63) is 59.4 Å². The summed E-state index contributed by atoms with van der Waals surface area (Å²) in [6.45, 7) is 2.97. The van der Waals surface area contributed by atoms with E-state index in [2.05, 4.69) is 11.4 Å². The van der Waals surface area contributed by atoms with Crippen LogP contribution in [0.5, 0.6) is 0 Å². The van der Waals surface area contributed by atoms with E-state index in [1.54, 1.807) is 13.0 Å². The molecule has 0 aliphatic carbocycles. The molecule has 0 saturated heterocycles. The van der Waals surface area contributed by atoms with Crippen LogP contribution in [0.4, 0.5) is 15.8 Å². The van der Waals surface area contributed by atoms with Crippen LogP contribution in [-0.2, 0) is 17.8 Å². The van der Waals surface area contributed by atoms with Crippen LogP contribution < -0.4 is 10.2 Å². The molecule has 2 aromatic rings. The summed E-state index contributed by atoms with van der Waals surface area (Å²) in [4.78, 5) is 13.5. The minimum absolute atomic E-state index is 0.0846. The van der Waals surface area contributed by atoms with E-state index in [0.717, 1.165) is 36.3 Å². The smallest absolute Gasteiger partial charge is 0.223 e. The Bertz CT molecular complexity index is 699. The summed E-state index contributed by atoms with van der Waals surface area (Å²) in [5, 5.41) is 3.31. The lowest BCUT2D eigenvalue weighted by Gasteiger charge is -2.29. The van der Waals surface area contributed by atoms with E-state index in [0.29, 0.717) is 6.54 Å². The summed E-state index contributed by atoms with van der Waals surface area (Å²) < 4.78 is 13.2. The molecule has 22 heavy (non-hydrogen) atoms. The Hall–Kier alpha value is -2.36. The van der Waals surface area contributed by atoms with Crippen LogP contribution in [-0.4, -0.2) is 12.5 Å². The third-order valence-electron chi connectivity index (χ3n) is 3.96. The topological polar surface area (TPSA) is 32.3 Å². The molecule has 0 saturated carbocycles. The fourth-order valence-electron chi connectivity index (χ4n) is 2.89. The van der Waals surface area contributed by atoms with Crippen molar-refractivity contribution in [1.82, 2.24) is 0 Å². The molecule has 3 nitrogen and oxygen atoms in total. The van der Waals surface area contributed by atoms with Crippen LogP contribution >= 0.6 is 0 Å². The molecule has 114 valence electrons. The van der Waals surface area contributed by atoms with Gasteiger partial charge in [0.15, 0.2) is 0 Å². The van der Waals surface area contributed by atoms with E-state index in [1.165, 1.54) is 17.7 Å². The number of nitrogens with zero attached hydrogens (tertiary/aromatic N) is 1. The van der Waals surface area contributed by atoms with Crippen LogP contribution in [0.1, 0.15) is 24.5 Å². The number of benzene rings is 2. The van der Waals surface area contributed by atoms with Crippen LogP contribution in [0, 0.1) is 5.82 Å². The molecule has 1 aliphatic rings. The SMILES string of the molecule is CC(=O)N1CCCc2cc(NCc3cccc(F)c3)ccc21. The highest BCUT2D eigenvalue weighted by Gasteiger charge is 2.19. The third kappa shape index (κ3) is 3.11. The van der Waals surface area contributed by atoms with E-state index >= 15 is 0 Å². The third-order valence-corrected chi connectivity index (χ3v) is 3.96. The highest BCUT2D eigenvalue weighted by molar-refractivity contribution is 5.93. The van der Waals surface area contributed by atoms with Crippen LogP contribution in [0.3, 0.4) is 0 Å². The molecule has 0 atom stereocenters. The lowest BCUT2D eigenvalue weighted by Crippen LogP contribution is -2.33. The molecule has 1 amide bonds. The Labute approximate surface area is 129 Å². The van der Waals surface area contributed by atoms with Crippen molar-refractivity contribution >= 4 is 17.3 Å². The number of anilines is 2. The standard InChI is InChI=1S/C18H19FN2O/c1-13(22)21-9-3-5-15-11-17(7-8-18(15)21)20-12-14-4-2-6-16(19)10-14/h2,4,6-8,10-11,20H,3,5,9,12H2,1H3. The molecular weight excluding hydrogens is 279 g/mol. The number of carbonyl (C=O) groups is 1. The summed E-state index contributed by atoms with van der Waals surface area (Å²) >= 11 is 0. The first-order chi connectivity index (χ1) is 10.6. The van der Waals surface area contributed by atoms with Gasteiger partial charge in [0, 0.05) is 31.4 Å². The van der Waals surface area contributed by atoms with Crippen LogP contribution in [0.25, 0.3) is 0 Å². The zero-order valence-electron chi connectivity index (χ0n) is 12.6. The molecule has 0 fully saturated rings. The van der Waals surface area contributed by atoms with Gasteiger partial charge in [-0.25, -0.2) is 4.39 Å². The largest absolute Gasteiger partial charge is 0.381 e. The van der Waals surface area contributed by atoms with Gasteiger partial charge in [-0.2, -0.15) is 0 Å². The van der Waals surface area contributed by atoms with Gasteiger partial charge in [0.1, 0.15) is 5.82 Å². The Morgan fingerprint density at radius 2 is 2.14 bits per heavy atom. The van der Waals surface area contributed by atoms with E-state index in [9.17, 15) is 9.18 Å². The number of aryl methyl sites for hydroxylation is 1. The number of halogens is 1. The molecule has 0 unspecified atom stereocenters. The van der Waals surface area contributed by atoms with Gasteiger partial charge >= 0.3 is 0 Å². The molecule has 1 heterocycles. The first kappa shape index (κ1) is 14.6. The van der Waals surface area contributed by atoms with Crippen molar-refractivity contribution in [2.45, 2.75) is 26.3 Å². The van der Waals surface area contributed by atoms with E-state index in [4.69, 9.17) is 0 Å². The second-order valence-corrected chi connectivity index (χ2v) is 5.60. The second-order valence-electron chi connectivity index (χ2n) is 5.60. The molecule has 4 heteroatoms. The van der Waals surface area contributed by atoms with E-state index in [1.807, 2.05) is 23.1 Å². The normalized spacial score (nSPS) is 13.6. The number of amides is 1. The number of nitrogens with one attached hydrogen (secondary N) is 1. The Morgan fingerprint density at radius 1 is 1.27 bits per heavy atom. The van der Waals surface area contributed by atoms with Crippen molar-refractivity contribution in [2.75, 3.05) is 16.8 Å². The number of hydrogen-bond donors (Lipinski definition) is 1. The zero-order valence-corrected chi connectivity index (χ0v) is 12.6. The predicted molar refractivity (Wildman–Crippen MR) is 86.5 cm³/mol. The minimum atomic E-state index is -0.221. The summed E-state index contributed by atoms with van der Waals surface area (Å²) in [6.07, 6.45) is 1.97. The first-order valence-electron chi connectivity index (χ1n) is 7.53. The van der Waals surface area contributed by atoms with Crippen LogP contribution in [0.15, 0.2) is 42.5 Å². The average Bonchev–Trinajstić information content (AvgIpc) is 2.52. The minimum Gasteiger partial charge on any atom is -0.381 e. The molecule has 1 aliphatic heterocycles. The highest BCUT2D eigenvalue weighted by atomic mass is 19.1. The van der Waals surface area contributed by atoms with Gasteiger partial charge in [-0.15, -0.1) is 0 Å². The Morgan fingerprint density at radius 3 is 2.91 bits per heavy atom. The van der Waals surface area contributed by atoms with Gasteiger partial charge in [0.2, 0.25) is 5.91 Å². The fraction of sp³-hybridized carbons (Fsp3) is 0.278. The Kier molecular flexibility index (Phi) is 4.09. The predicted octanol–water partition coefficient (Wildman–Crippen LogP) is 3.74. The average molecular weight is 298 g/mol. The lowest BCUT2D eigenvalue weighted by molar-refractivity contribution is -0.116. The monoisotopic (exact) mass is 298 g/mol. The zero-order chi connectivity index (χ0) is 15.5. The van der Waals surface area contributed by atoms with Crippen molar-refractivity contribution < 1.29 is 9.18 Å². The van der Waals surface area contributed by atoms with Gasteiger partial charge in [-0.05, 0) is 54.3 Å². The number of rotatable bonds is 3. The van der Waals surface area contributed by atoms with Gasteiger partial charge in [0.05, 0.1) is 0 Å². The van der Waals surface area contributed by atoms with E-state index < -0.39 is 0 Å². The quantitative estimate of drug-likeness (QED) is 0.936. The molecule has 3 rings (SSSR count). The summed E-state index contributed by atoms with van der Waals surface area (Å²) in [5.41, 5.74) is 4.09. The molecule has 0 aromatic heterocycles. The Balaban J connectivity index is 1.75. The summed E-state index contributed by atoms with van der Waals surface area (Å²) in [7, 11) is 0. The van der Waals surface area contributed by atoms with Gasteiger partial charge in [-0.1, -0.05) is 12.1 Å². The van der Waals surface area contributed by atoms with Gasteiger partial charge in [0.25, 0.3) is 0 Å². The second kappa shape index (κ2) is 6.18. The summed E-state index contributed by atoms with van der Waals surface area (Å²) in [5.74, 6) is -0.136. The molecular formula is C18H19FN2O. The molecule has 0 spiro atoms. The highest BCUT2D eigenvalue weighted by Crippen LogP contribution is 2.29. The molecule has 2 aromatic carbocycles. The van der Waals surface area contributed by atoms with Crippen molar-refractivity contribution in [1.29, 1.82) is 0 Å². The maximum absolute atomic E-state index is 13.2. The molecule has 0 radical (unpaired) electrons. The van der Waals surface area contributed by atoms with Gasteiger partial charge < -0.3 is 10.2 Å². The van der Waals surface area contributed by atoms with Crippen molar-refractivity contribution in [3.63, 3.8) is 0 Å². The van der Waals surface area contributed by atoms with E-state index in [-0.39, 0.29) is 11.7 Å². The van der Waals surface area contributed by atoms with Crippen molar-refractivity contribution in [2.24, 2.45) is 0 Å². The molecule has 0 bridgehead atoms. The van der Waals surface area contributed by atoms with Gasteiger partial charge in [-0.3, -0.25) is 4.79 Å². The summed E-state index contributed by atoms with van der Waals surface area (Å²) in [6, 6.07) is 12.6. The number of hydrogen-bond acceptors (Lipinski definition) is 2. The van der Waals surface area contributed by atoms with Crippen LogP contribution in [0.2, 0.25) is 0 Å².